The normalized spacial score (nSPS) is 17.2. The molecule has 2 rings (SSSR count). The molecular weight excluding hydrogens is 208 g/mol. The molecule has 1 heterocycles. The lowest BCUT2D eigenvalue weighted by Gasteiger charge is -2.14. The molecule has 0 amide bonds. The zero-order valence-electron chi connectivity index (χ0n) is 8.79. The Morgan fingerprint density at radius 2 is 2.40 bits per heavy atom. The van der Waals surface area contributed by atoms with Crippen molar-refractivity contribution < 1.29 is 0 Å². The van der Waals surface area contributed by atoms with Gasteiger partial charge in [-0.3, -0.25) is 0 Å². The van der Waals surface area contributed by atoms with E-state index in [-0.39, 0.29) is 0 Å². The molecule has 1 aliphatic carbocycles. The third kappa shape index (κ3) is 2.54. The summed E-state index contributed by atoms with van der Waals surface area (Å²) in [6.07, 6.45) is 6.55. The van der Waals surface area contributed by atoms with E-state index in [0.29, 0.717) is 10.6 Å². The van der Waals surface area contributed by atoms with Crippen molar-refractivity contribution in [3.05, 3.63) is 18.3 Å². The molecule has 15 heavy (non-hydrogen) atoms. The number of nitrogens with two attached hydrogens (primary N) is 1. The minimum absolute atomic E-state index is 0.472. The molecule has 0 aromatic carbocycles. The first-order valence-corrected chi connectivity index (χ1v) is 6.22. The number of nitrogens with zero attached hydrogens (tertiary/aromatic N) is 1. The van der Waals surface area contributed by atoms with Gasteiger partial charge in [0, 0.05) is 29.2 Å². The van der Waals surface area contributed by atoms with Crippen LogP contribution < -0.4 is 16.6 Å². The van der Waals surface area contributed by atoms with Gasteiger partial charge in [-0.25, -0.2) is 10.8 Å². The quantitative estimate of drug-likeness (QED) is 0.524. The van der Waals surface area contributed by atoms with Gasteiger partial charge >= 0.3 is 0 Å². The van der Waals surface area contributed by atoms with Crippen molar-refractivity contribution in [2.45, 2.75) is 17.6 Å². The molecule has 4 nitrogen and oxygen atoms in total. The third-order valence-corrected chi connectivity index (χ3v) is 4.18. The van der Waals surface area contributed by atoms with Crippen LogP contribution in [-0.4, -0.2) is 22.5 Å². The summed E-state index contributed by atoms with van der Waals surface area (Å²) in [7, 11) is 0. The van der Waals surface area contributed by atoms with Crippen molar-refractivity contribution >= 4 is 23.3 Å². The number of anilines is 2. The van der Waals surface area contributed by atoms with Crippen molar-refractivity contribution in [2.24, 2.45) is 5.84 Å². The average Bonchev–Trinajstić information content (AvgIpc) is 3.07. The van der Waals surface area contributed by atoms with Crippen molar-refractivity contribution in [1.82, 2.24) is 4.98 Å². The zero-order valence-corrected chi connectivity index (χ0v) is 9.60. The summed E-state index contributed by atoms with van der Waals surface area (Å²) < 4.78 is 0.472. The van der Waals surface area contributed by atoms with Gasteiger partial charge < -0.3 is 10.7 Å². The molecule has 0 radical (unpaired) electrons. The van der Waals surface area contributed by atoms with Gasteiger partial charge in [-0.15, -0.1) is 0 Å². The van der Waals surface area contributed by atoms with Crippen LogP contribution in [0.2, 0.25) is 0 Å². The molecule has 1 aromatic heterocycles. The fraction of sp³-hybridized carbons (Fsp3) is 0.500. The second kappa shape index (κ2) is 4.28. The molecule has 0 bridgehead atoms. The molecule has 0 unspecified atom stereocenters. The Balaban J connectivity index is 1.93. The first kappa shape index (κ1) is 10.6. The maximum absolute atomic E-state index is 5.29. The van der Waals surface area contributed by atoms with E-state index in [1.54, 1.807) is 6.20 Å². The van der Waals surface area contributed by atoms with Crippen molar-refractivity contribution in [3.63, 3.8) is 0 Å². The van der Waals surface area contributed by atoms with Crippen LogP contribution in [0.25, 0.3) is 0 Å². The minimum Gasteiger partial charge on any atom is -0.383 e. The number of rotatable bonds is 5. The smallest absolute Gasteiger partial charge is 0.141 e. The maximum atomic E-state index is 5.29. The van der Waals surface area contributed by atoms with Gasteiger partial charge in [-0.05, 0) is 25.2 Å². The summed E-state index contributed by atoms with van der Waals surface area (Å²) in [5.41, 5.74) is 3.61. The molecule has 82 valence electrons. The first-order valence-electron chi connectivity index (χ1n) is 5.00. The highest BCUT2D eigenvalue weighted by Gasteiger charge is 2.41. The van der Waals surface area contributed by atoms with Crippen LogP contribution in [0.15, 0.2) is 18.3 Å². The highest BCUT2D eigenvalue weighted by molar-refractivity contribution is 8.00. The third-order valence-electron chi connectivity index (χ3n) is 2.76. The number of nitrogens with one attached hydrogen (secondary N) is 2. The van der Waals surface area contributed by atoms with Crippen molar-refractivity contribution in [1.29, 1.82) is 0 Å². The molecule has 0 aliphatic heterocycles. The molecule has 4 N–H and O–H groups in total. The molecule has 1 aliphatic rings. The summed E-state index contributed by atoms with van der Waals surface area (Å²) in [6.45, 7) is 1.02. The zero-order chi connectivity index (χ0) is 10.7. The van der Waals surface area contributed by atoms with Crippen LogP contribution in [0.1, 0.15) is 12.8 Å². The second-order valence-electron chi connectivity index (χ2n) is 3.81. The molecule has 0 spiro atoms. The number of nitrogen functional groups attached to an aromatic ring is 1. The Morgan fingerprint density at radius 1 is 1.60 bits per heavy atom. The van der Waals surface area contributed by atoms with E-state index in [2.05, 4.69) is 22.0 Å². The van der Waals surface area contributed by atoms with E-state index < -0.39 is 0 Å². The van der Waals surface area contributed by atoms with Gasteiger partial charge in [0.2, 0.25) is 0 Å². The van der Waals surface area contributed by atoms with Crippen LogP contribution in [0, 0.1) is 0 Å². The molecule has 1 fully saturated rings. The number of hydrogen-bond donors (Lipinski definition) is 3. The van der Waals surface area contributed by atoms with E-state index in [1.165, 1.54) is 12.8 Å². The Hall–Kier alpha value is -0.940. The Morgan fingerprint density at radius 3 is 3.00 bits per heavy atom. The van der Waals surface area contributed by atoms with E-state index in [9.17, 15) is 0 Å². The fourth-order valence-corrected chi connectivity index (χ4v) is 2.20. The van der Waals surface area contributed by atoms with E-state index >= 15 is 0 Å². The number of thioether (sulfide) groups is 1. The lowest BCUT2D eigenvalue weighted by Crippen LogP contribution is -2.17. The second-order valence-corrected chi connectivity index (χ2v) is 5.09. The van der Waals surface area contributed by atoms with Gasteiger partial charge in [-0.2, -0.15) is 11.8 Å². The number of aromatic nitrogens is 1. The summed E-state index contributed by atoms with van der Waals surface area (Å²) in [5.74, 6) is 5.98. The summed E-state index contributed by atoms with van der Waals surface area (Å²) in [5, 5.41) is 3.42. The average molecular weight is 224 g/mol. The standard InChI is InChI=1S/C10H16N4S/c1-15-10(3-4-10)7-13-8-2-5-12-9(6-8)14-11/h2,5-6H,3-4,7,11H2,1H3,(H2,12,13,14). The Labute approximate surface area is 94.0 Å². The monoisotopic (exact) mass is 224 g/mol. The van der Waals surface area contributed by atoms with E-state index in [1.807, 2.05) is 23.9 Å². The number of hydrogen-bond acceptors (Lipinski definition) is 5. The van der Waals surface area contributed by atoms with Crippen LogP contribution in [0.4, 0.5) is 11.5 Å². The Kier molecular flexibility index (Phi) is 3.02. The lowest BCUT2D eigenvalue weighted by atomic mass is 10.3. The predicted molar refractivity (Wildman–Crippen MR) is 66.0 cm³/mol. The number of hydrazine groups is 1. The molecule has 0 atom stereocenters. The lowest BCUT2D eigenvalue weighted by molar-refractivity contribution is 0.948. The van der Waals surface area contributed by atoms with Crippen molar-refractivity contribution in [2.75, 3.05) is 23.5 Å². The molecule has 1 saturated carbocycles. The van der Waals surface area contributed by atoms with Crippen molar-refractivity contribution in [3.8, 4) is 0 Å². The molecule has 0 saturated heterocycles. The molecule has 1 aromatic rings. The molecule has 5 heteroatoms. The highest BCUT2D eigenvalue weighted by atomic mass is 32.2. The van der Waals surface area contributed by atoms with E-state index in [0.717, 1.165) is 12.2 Å². The summed E-state index contributed by atoms with van der Waals surface area (Å²) in [4.78, 5) is 4.06. The maximum Gasteiger partial charge on any atom is 0.141 e. The largest absolute Gasteiger partial charge is 0.383 e. The van der Waals surface area contributed by atoms with Crippen LogP contribution in [-0.2, 0) is 0 Å². The SMILES string of the molecule is CSC1(CNc2ccnc(NN)c2)CC1. The topological polar surface area (TPSA) is 63.0 Å². The van der Waals surface area contributed by atoms with Gasteiger partial charge in [0.05, 0.1) is 0 Å². The fourth-order valence-electron chi connectivity index (χ4n) is 1.48. The van der Waals surface area contributed by atoms with Gasteiger partial charge in [-0.1, -0.05) is 0 Å². The minimum atomic E-state index is 0.472. The van der Waals surface area contributed by atoms with Crippen LogP contribution in [0.5, 0.6) is 0 Å². The van der Waals surface area contributed by atoms with Gasteiger partial charge in [0.1, 0.15) is 5.82 Å². The number of pyridine rings is 1. The first-order chi connectivity index (χ1) is 7.28. The molecular formula is C10H16N4S. The Bertz CT molecular complexity index is 338. The summed E-state index contributed by atoms with van der Waals surface area (Å²) in [6, 6.07) is 3.87. The van der Waals surface area contributed by atoms with Crippen LogP contribution >= 0.6 is 11.8 Å². The van der Waals surface area contributed by atoms with Crippen LogP contribution in [0.3, 0.4) is 0 Å². The summed E-state index contributed by atoms with van der Waals surface area (Å²) >= 11 is 1.95. The highest BCUT2D eigenvalue weighted by Crippen LogP contribution is 2.47. The van der Waals surface area contributed by atoms with Gasteiger partial charge in [0.25, 0.3) is 0 Å². The van der Waals surface area contributed by atoms with Gasteiger partial charge in [0.15, 0.2) is 0 Å². The predicted octanol–water partition coefficient (Wildman–Crippen LogP) is 1.67. The van der Waals surface area contributed by atoms with E-state index in [4.69, 9.17) is 5.84 Å².